The van der Waals surface area contributed by atoms with Crippen LogP contribution in [0.4, 0.5) is 0 Å². The zero-order valence-electron chi connectivity index (χ0n) is 17.8. The van der Waals surface area contributed by atoms with Crippen LogP contribution in [0.1, 0.15) is 68.6 Å². The summed E-state index contributed by atoms with van der Waals surface area (Å²) in [6.45, 7) is 10.9. The lowest BCUT2D eigenvalue weighted by Gasteiger charge is -2.25. The van der Waals surface area contributed by atoms with Gasteiger partial charge in [-0.05, 0) is 30.2 Å². The summed E-state index contributed by atoms with van der Waals surface area (Å²) >= 11 is 1.56. The molecular weight excluding hydrogens is 378 g/mol. The summed E-state index contributed by atoms with van der Waals surface area (Å²) in [6, 6.07) is 3.15. The quantitative estimate of drug-likeness (QED) is 0.544. The number of esters is 1. The van der Waals surface area contributed by atoms with Gasteiger partial charge in [-0.25, -0.2) is 0 Å². The lowest BCUT2D eigenvalue weighted by molar-refractivity contribution is -0.140. The predicted molar refractivity (Wildman–Crippen MR) is 113 cm³/mol. The highest BCUT2D eigenvalue weighted by atomic mass is 32.2. The van der Waals surface area contributed by atoms with E-state index >= 15 is 0 Å². The highest BCUT2D eigenvalue weighted by Gasteiger charge is 2.26. The van der Waals surface area contributed by atoms with Crippen LogP contribution in [0, 0.1) is 0 Å². The molecule has 0 fully saturated rings. The normalized spacial score (nSPS) is 12.0. The van der Waals surface area contributed by atoms with E-state index in [1.54, 1.807) is 22.7 Å². The Kier molecular flexibility index (Phi) is 10.2. The molecule has 0 radical (unpaired) electrons. The van der Waals surface area contributed by atoms with Crippen LogP contribution in [-0.2, 0) is 9.53 Å². The van der Waals surface area contributed by atoms with E-state index in [-0.39, 0.29) is 34.7 Å². The number of amides is 1. The molecule has 1 aromatic carbocycles. The van der Waals surface area contributed by atoms with E-state index in [0.717, 1.165) is 12.8 Å². The molecule has 0 aliphatic carbocycles. The van der Waals surface area contributed by atoms with E-state index in [1.165, 1.54) is 20.1 Å². The predicted octanol–water partition coefficient (Wildman–Crippen LogP) is 4.41. The lowest BCUT2D eigenvalue weighted by Crippen LogP contribution is -2.32. The number of carbonyl (C=O) groups is 2. The van der Waals surface area contributed by atoms with Gasteiger partial charge in [0, 0.05) is 25.6 Å². The number of carbonyl (C=O) groups excluding carboxylic acids is 2. The molecule has 1 unspecified atom stereocenters. The molecule has 1 rings (SSSR count). The van der Waals surface area contributed by atoms with Crippen molar-refractivity contribution < 1.29 is 24.2 Å². The van der Waals surface area contributed by atoms with Crippen LogP contribution in [0.25, 0.3) is 0 Å². The fourth-order valence-corrected chi connectivity index (χ4v) is 4.15. The maximum absolute atomic E-state index is 12.9. The Labute approximate surface area is 172 Å². The average molecular weight is 412 g/mol. The number of ether oxygens (including phenoxy) is 2. The van der Waals surface area contributed by atoms with Crippen LogP contribution in [0.5, 0.6) is 11.5 Å². The minimum Gasteiger partial charge on any atom is -0.507 e. The molecule has 0 spiro atoms. The second-order valence-electron chi connectivity index (χ2n) is 6.88. The second kappa shape index (κ2) is 11.8. The third-order valence-electron chi connectivity index (χ3n) is 4.06. The van der Waals surface area contributed by atoms with Crippen molar-refractivity contribution in [2.45, 2.75) is 58.0 Å². The molecule has 1 atom stereocenters. The summed E-state index contributed by atoms with van der Waals surface area (Å²) in [5.74, 6) is -0.117. The number of benzene rings is 1. The van der Waals surface area contributed by atoms with Crippen LogP contribution in [-0.4, -0.2) is 53.9 Å². The molecule has 1 aromatic rings. The summed E-state index contributed by atoms with van der Waals surface area (Å²) in [5.41, 5.74) is 0.928. The maximum atomic E-state index is 12.9. The summed E-state index contributed by atoms with van der Waals surface area (Å²) in [4.78, 5) is 26.0. The monoisotopic (exact) mass is 411 g/mol. The van der Waals surface area contributed by atoms with Gasteiger partial charge in [-0.15, -0.1) is 11.8 Å². The van der Waals surface area contributed by atoms with Crippen molar-refractivity contribution in [1.82, 2.24) is 4.90 Å². The highest BCUT2D eigenvalue weighted by Crippen LogP contribution is 2.43. The van der Waals surface area contributed by atoms with Gasteiger partial charge in [-0.1, -0.05) is 27.7 Å². The Balaban J connectivity index is 3.30. The Bertz CT molecular complexity index is 656. The molecule has 0 saturated heterocycles. The summed E-state index contributed by atoms with van der Waals surface area (Å²) in [6.07, 6.45) is 1.73. The molecular formula is C21H33NO5S. The van der Waals surface area contributed by atoms with Crippen molar-refractivity contribution in [1.29, 1.82) is 0 Å². The van der Waals surface area contributed by atoms with E-state index in [4.69, 9.17) is 9.47 Å². The summed E-state index contributed by atoms with van der Waals surface area (Å²) in [7, 11) is 1.51. The largest absolute Gasteiger partial charge is 0.507 e. The van der Waals surface area contributed by atoms with Crippen LogP contribution >= 0.6 is 11.8 Å². The zero-order valence-corrected chi connectivity index (χ0v) is 18.6. The smallest absolute Gasteiger partial charge is 0.302 e. The van der Waals surface area contributed by atoms with E-state index in [2.05, 4.69) is 0 Å². The van der Waals surface area contributed by atoms with E-state index in [1.807, 2.05) is 27.7 Å². The first-order chi connectivity index (χ1) is 13.2. The molecule has 0 aromatic heterocycles. The van der Waals surface area contributed by atoms with Gasteiger partial charge in [0.25, 0.3) is 5.91 Å². The first-order valence-electron chi connectivity index (χ1n) is 9.74. The van der Waals surface area contributed by atoms with Crippen molar-refractivity contribution in [2.75, 3.05) is 26.8 Å². The molecule has 6 nitrogen and oxygen atoms in total. The molecule has 0 saturated carbocycles. The number of aromatic hydroxyl groups is 1. The van der Waals surface area contributed by atoms with Crippen LogP contribution < -0.4 is 4.74 Å². The van der Waals surface area contributed by atoms with Crippen LogP contribution in [0.15, 0.2) is 12.1 Å². The highest BCUT2D eigenvalue weighted by molar-refractivity contribution is 8.00. The fraction of sp³-hybridized carbons (Fsp3) is 0.619. The second-order valence-corrected chi connectivity index (χ2v) is 8.66. The standard InChI is InChI=1S/C21H33NO5S/c1-7-9-22(10-8-2)21(25)16-11-17(24)20(18(12-16)26-6)19(28-14(3)4)13-27-15(5)23/h11-12,14,19,24H,7-10,13H2,1-6H3. The molecule has 0 aliphatic heterocycles. The van der Waals surface area contributed by atoms with Gasteiger partial charge in [0.2, 0.25) is 0 Å². The fourth-order valence-electron chi connectivity index (χ4n) is 2.98. The van der Waals surface area contributed by atoms with Gasteiger partial charge in [-0.3, -0.25) is 9.59 Å². The minimum absolute atomic E-state index is 0.0269. The Morgan fingerprint density at radius 1 is 1.18 bits per heavy atom. The number of rotatable bonds is 11. The molecule has 28 heavy (non-hydrogen) atoms. The third kappa shape index (κ3) is 6.93. The number of methoxy groups -OCH3 is 1. The van der Waals surface area contributed by atoms with Gasteiger partial charge in [-0.2, -0.15) is 0 Å². The van der Waals surface area contributed by atoms with Crippen molar-refractivity contribution in [3.63, 3.8) is 0 Å². The average Bonchev–Trinajstić information content (AvgIpc) is 2.63. The van der Waals surface area contributed by atoms with Crippen molar-refractivity contribution in [3.8, 4) is 11.5 Å². The SMILES string of the molecule is CCCN(CCC)C(=O)c1cc(O)c(C(COC(C)=O)SC(C)C)c(OC)c1. The number of thioether (sulfide) groups is 1. The van der Waals surface area contributed by atoms with E-state index in [9.17, 15) is 14.7 Å². The van der Waals surface area contributed by atoms with E-state index in [0.29, 0.717) is 30.0 Å². The number of hydrogen-bond acceptors (Lipinski definition) is 6. The van der Waals surface area contributed by atoms with Crippen molar-refractivity contribution >= 4 is 23.6 Å². The molecule has 7 heteroatoms. The van der Waals surface area contributed by atoms with Crippen molar-refractivity contribution in [2.24, 2.45) is 0 Å². The Hall–Kier alpha value is -1.89. The van der Waals surface area contributed by atoms with Gasteiger partial charge in [0.1, 0.15) is 18.1 Å². The van der Waals surface area contributed by atoms with Gasteiger partial charge in [0.15, 0.2) is 0 Å². The molecule has 1 N–H and O–H groups in total. The van der Waals surface area contributed by atoms with Crippen molar-refractivity contribution in [3.05, 3.63) is 23.3 Å². The third-order valence-corrected chi connectivity index (χ3v) is 5.30. The molecule has 1 amide bonds. The van der Waals surface area contributed by atoms with Crippen LogP contribution in [0.3, 0.4) is 0 Å². The molecule has 0 bridgehead atoms. The first-order valence-corrected chi connectivity index (χ1v) is 10.7. The topological polar surface area (TPSA) is 76.1 Å². The lowest BCUT2D eigenvalue weighted by atomic mass is 10.0. The van der Waals surface area contributed by atoms with Crippen LogP contribution in [0.2, 0.25) is 0 Å². The Morgan fingerprint density at radius 2 is 1.79 bits per heavy atom. The zero-order chi connectivity index (χ0) is 21.3. The van der Waals surface area contributed by atoms with Gasteiger partial charge in [0.05, 0.1) is 17.9 Å². The van der Waals surface area contributed by atoms with E-state index < -0.39 is 0 Å². The molecule has 0 aliphatic rings. The Morgan fingerprint density at radius 3 is 2.25 bits per heavy atom. The van der Waals surface area contributed by atoms with Gasteiger partial charge < -0.3 is 19.5 Å². The summed E-state index contributed by atoms with van der Waals surface area (Å²) < 4.78 is 10.7. The number of phenolic OH excluding ortho intramolecular Hbond substituents is 1. The minimum atomic E-state index is -0.380. The maximum Gasteiger partial charge on any atom is 0.302 e. The number of hydrogen-bond donors (Lipinski definition) is 1. The molecule has 0 heterocycles. The number of phenols is 1. The van der Waals surface area contributed by atoms with Gasteiger partial charge >= 0.3 is 5.97 Å². The first kappa shape index (κ1) is 24.1. The summed E-state index contributed by atoms with van der Waals surface area (Å²) in [5, 5.41) is 10.7. The molecule has 158 valence electrons. The number of nitrogens with zero attached hydrogens (tertiary/aromatic N) is 1.